The normalized spacial score (nSPS) is 10.1. The molecule has 0 aliphatic heterocycles. The molecule has 4 N–H and O–H groups in total. The number of aromatic carboxylic acids is 1. The Labute approximate surface area is 126 Å². The first-order chi connectivity index (χ1) is 10.1. The van der Waals surface area contributed by atoms with E-state index in [1.54, 1.807) is 18.2 Å². The number of carbonyl (C=O) groups is 2. The second-order valence-corrected chi connectivity index (χ2v) is 5.27. The van der Waals surface area contributed by atoms with Crippen molar-refractivity contribution >= 4 is 35.0 Å². The van der Waals surface area contributed by atoms with Crippen LogP contribution >= 0.6 is 11.8 Å². The lowest BCUT2D eigenvalue weighted by molar-refractivity contribution is -0.113. The maximum Gasteiger partial charge on any atom is 0.335 e. The third-order valence-electron chi connectivity index (χ3n) is 2.69. The van der Waals surface area contributed by atoms with Gasteiger partial charge in [-0.15, -0.1) is 11.8 Å². The molecule has 21 heavy (non-hydrogen) atoms. The molecule has 0 aliphatic rings. The number of nitrogens with two attached hydrogens (primary N) is 1. The van der Waals surface area contributed by atoms with Gasteiger partial charge in [0.15, 0.2) is 0 Å². The summed E-state index contributed by atoms with van der Waals surface area (Å²) < 4.78 is 0. The van der Waals surface area contributed by atoms with Crippen LogP contribution in [-0.4, -0.2) is 22.7 Å². The van der Waals surface area contributed by atoms with Gasteiger partial charge < -0.3 is 16.2 Å². The van der Waals surface area contributed by atoms with Gasteiger partial charge in [0.1, 0.15) is 0 Å². The van der Waals surface area contributed by atoms with Crippen LogP contribution in [0.4, 0.5) is 11.4 Å². The predicted octanol–water partition coefficient (Wildman–Crippen LogP) is 2.70. The fourth-order valence-electron chi connectivity index (χ4n) is 1.65. The van der Waals surface area contributed by atoms with Gasteiger partial charge in [0.05, 0.1) is 11.3 Å². The van der Waals surface area contributed by atoms with Gasteiger partial charge in [0.25, 0.3) is 0 Å². The number of anilines is 2. The van der Waals surface area contributed by atoms with E-state index in [1.807, 2.05) is 18.2 Å². The summed E-state index contributed by atoms with van der Waals surface area (Å²) in [6.45, 7) is 0. The number of carboxylic acid groups (broad SMARTS) is 1. The molecule has 0 aliphatic carbocycles. The highest BCUT2D eigenvalue weighted by atomic mass is 32.2. The van der Waals surface area contributed by atoms with Crippen molar-refractivity contribution in [2.45, 2.75) is 4.90 Å². The average Bonchev–Trinajstić information content (AvgIpc) is 2.47. The quantitative estimate of drug-likeness (QED) is 0.583. The van der Waals surface area contributed by atoms with Crippen molar-refractivity contribution in [1.82, 2.24) is 0 Å². The van der Waals surface area contributed by atoms with E-state index >= 15 is 0 Å². The lowest BCUT2D eigenvalue weighted by Crippen LogP contribution is -2.14. The molecule has 0 heterocycles. The van der Waals surface area contributed by atoms with Gasteiger partial charge in [-0.05, 0) is 36.4 Å². The first-order valence-electron chi connectivity index (χ1n) is 6.17. The molecule has 0 saturated carbocycles. The minimum Gasteiger partial charge on any atom is -0.478 e. The number of carboxylic acids is 1. The molecule has 2 rings (SSSR count). The van der Waals surface area contributed by atoms with Crippen LogP contribution < -0.4 is 11.1 Å². The van der Waals surface area contributed by atoms with E-state index in [-0.39, 0.29) is 17.2 Å². The molecule has 0 atom stereocenters. The van der Waals surface area contributed by atoms with E-state index in [9.17, 15) is 9.59 Å². The number of nitrogens with one attached hydrogen (secondary N) is 1. The molecular weight excluding hydrogens is 288 g/mol. The van der Waals surface area contributed by atoms with Crippen molar-refractivity contribution in [2.75, 3.05) is 16.8 Å². The van der Waals surface area contributed by atoms with E-state index in [0.29, 0.717) is 11.4 Å². The van der Waals surface area contributed by atoms with Crippen LogP contribution in [0, 0.1) is 0 Å². The summed E-state index contributed by atoms with van der Waals surface area (Å²) in [4.78, 5) is 23.4. The zero-order chi connectivity index (χ0) is 15.2. The lowest BCUT2D eigenvalue weighted by Gasteiger charge is -2.07. The van der Waals surface area contributed by atoms with Crippen LogP contribution in [0.2, 0.25) is 0 Å². The molecule has 0 unspecified atom stereocenters. The van der Waals surface area contributed by atoms with E-state index < -0.39 is 5.97 Å². The molecule has 0 spiro atoms. The van der Waals surface area contributed by atoms with Crippen LogP contribution in [-0.2, 0) is 4.79 Å². The minimum atomic E-state index is -0.997. The SMILES string of the molecule is Nc1ccccc1SCC(=O)Nc1ccc(C(=O)O)cc1. The Kier molecular flexibility index (Phi) is 4.84. The molecule has 108 valence electrons. The minimum absolute atomic E-state index is 0.175. The van der Waals surface area contributed by atoms with Gasteiger partial charge in [-0.3, -0.25) is 4.79 Å². The fraction of sp³-hybridized carbons (Fsp3) is 0.0667. The molecular formula is C15H14N2O3S. The lowest BCUT2D eigenvalue weighted by atomic mass is 10.2. The maximum atomic E-state index is 11.8. The summed E-state index contributed by atoms with van der Waals surface area (Å²) in [5.41, 5.74) is 7.18. The van der Waals surface area contributed by atoms with Crippen molar-refractivity contribution in [3.05, 3.63) is 54.1 Å². The van der Waals surface area contributed by atoms with Crippen molar-refractivity contribution in [3.63, 3.8) is 0 Å². The number of para-hydroxylation sites is 1. The van der Waals surface area contributed by atoms with Crippen LogP contribution in [0.3, 0.4) is 0 Å². The van der Waals surface area contributed by atoms with Crippen molar-refractivity contribution in [1.29, 1.82) is 0 Å². The largest absolute Gasteiger partial charge is 0.478 e. The van der Waals surface area contributed by atoms with Gasteiger partial charge in [-0.1, -0.05) is 12.1 Å². The highest BCUT2D eigenvalue weighted by molar-refractivity contribution is 8.00. The van der Waals surface area contributed by atoms with Gasteiger partial charge in [0, 0.05) is 16.3 Å². The second kappa shape index (κ2) is 6.81. The Morgan fingerprint density at radius 2 is 1.76 bits per heavy atom. The first-order valence-corrected chi connectivity index (χ1v) is 7.15. The fourth-order valence-corrected chi connectivity index (χ4v) is 2.42. The summed E-state index contributed by atoms with van der Waals surface area (Å²) in [6, 6.07) is 13.3. The number of nitrogen functional groups attached to an aromatic ring is 1. The topological polar surface area (TPSA) is 92.4 Å². The Morgan fingerprint density at radius 1 is 1.10 bits per heavy atom. The molecule has 2 aromatic carbocycles. The molecule has 0 fully saturated rings. The van der Waals surface area contributed by atoms with E-state index in [4.69, 9.17) is 10.8 Å². The Hall–Kier alpha value is -2.47. The first kappa shape index (κ1) is 14.9. The number of hydrogen-bond donors (Lipinski definition) is 3. The molecule has 6 heteroatoms. The van der Waals surface area contributed by atoms with Crippen molar-refractivity contribution in [2.24, 2.45) is 0 Å². The molecule has 0 saturated heterocycles. The van der Waals surface area contributed by atoms with E-state index in [0.717, 1.165) is 4.90 Å². The zero-order valence-corrected chi connectivity index (χ0v) is 11.9. The molecule has 2 aromatic rings. The third kappa shape index (κ3) is 4.25. The van der Waals surface area contributed by atoms with Crippen molar-refractivity contribution in [3.8, 4) is 0 Å². The summed E-state index contributed by atoms with van der Waals surface area (Å²) >= 11 is 1.35. The third-order valence-corrected chi connectivity index (χ3v) is 3.78. The molecule has 5 nitrogen and oxygen atoms in total. The van der Waals surface area contributed by atoms with Crippen LogP contribution in [0.5, 0.6) is 0 Å². The number of hydrogen-bond acceptors (Lipinski definition) is 4. The van der Waals surface area contributed by atoms with Crippen LogP contribution in [0.25, 0.3) is 0 Å². The smallest absolute Gasteiger partial charge is 0.335 e. The molecule has 0 bridgehead atoms. The van der Waals surface area contributed by atoms with E-state index in [2.05, 4.69) is 5.32 Å². The summed E-state index contributed by atoms with van der Waals surface area (Å²) in [5.74, 6) is -0.941. The van der Waals surface area contributed by atoms with Gasteiger partial charge in [-0.2, -0.15) is 0 Å². The summed E-state index contributed by atoms with van der Waals surface area (Å²) in [5, 5.41) is 11.5. The Balaban J connectivity index is 1.90. The molecule has 1 amide bonds. The standard InChI is InChI=1S/C15H14N2O3S/c16-12-3-1-2-4-13(12)21-9-14(18)17-11-7-5-10(6-8-11)15(19)20/h1-8H,9,16H2,(H,17,18)(H,19,20). The number of benzene rings is 2. The van der Waals surface area contributed by atoms with E-state index in [1.165, 1.54) is 23.9 Å². The second-order valence-electron chi connectivity index (χ2n) is 4.26. The van der Waals surface area contributed by atoms with Crippen LogP contribution in [0.15, 0.2) is 53.4 Å². The Morgan fingerprint density at radius 3 is 2.38 bits per heavy atom. The number of thioether (sulfide) groups is 1. The highest BCUT2D eigenvalue weighted by Crippen LogP contribution is 2.24. The van der Waals surface area contributed by atoms with Gasteiger partial charge >= 0.3 is 5.97 Å². The molecule has 0 radical (unpaired) electrons. The monoisotopic (exact) mass is 302 g/mol. The number of rotatable bonds is 5. The maximum absolute atomic E-state index is 11.8. The summed E-state index contributed by atoms with van der Waals surface area (Å²) in [7, 11) is 0. The molecule has 0 aromatic heterocycles. The average molecular weight is 302 g/mol. The Bertz CT molecular complexity index is 656. The van der Waals surface area contributed by atoms with Crippen LogP contribution in [0.1, 0.15) is 10.4 Å². The zero-order valence-electron chi connectivity index (χ0n) is 11.1. The van der Waals surface area contributed by atoms with Gasteiger partial charge in [0.2, 0.25) is 5.91 Å². The number of amides is 1. The summed E-state index contributed by atoms with van der Waals surface area (Å²) in [6.07, 6.45) is 0. The highest BCUT2D eigenvalue weighted by Gasteiger charge is 2.07. The number of carbonyl (C=O) groups excluding carboxylic acids is 1. The van der Waals surface area contributed by atoms with Gasteiger partial charge in [-0.25, -0.2) is 4.79 Å². The van der Waals surface area contributed by atoms with Crippen molar-refractivity contribution < 1.29 is 14.7 Å². The predicted molar refractivity (Wildman–Crippen MR) is 83.6 cm³/mol.